The number of hydrogen-bond acceptors (Lipinski definition) is 5. The molecule has 9 nitrogen and oxygen atoms in total. The van der Waals surface area contributed by atoms with Crippen LogP contribution in [-0.4, -0.2) is 84.1 Å². The fourth-order valence-corrected chi connectivity index (χ4v) is 5.97. The van der Waals surface area contributed by atoms with Crippen LogP contribution in [0.25, 0.3) is 0 Å². The molecule has 0 aromatic heterocycles. The summed E-state index contributed by atoms with van der Waals surface area (Å²) in [4.78, 5) is 47.8. The van der Waals surface area contributed by atoms with E-state index in [9.17, 15) is 14.4 Å². The molecule has 3 heterocycles. The number of carbonyl (C=O) groups is 3. The van der Waals surface area contributed by atoms with Crippen molar-refractivity contribution in [1.82, 2.24) is 14.7 Å². The van der Waals surface area contributed by atoms with E-state index in [4.69, 9.17) is 4.74 Å². The molecule has 1 spiro atoms. The van der Waals surface area contributed by atoms with Crippen molar-refractivity contribution < 1.29 is 19.1 Å². The Bertz CT molecular complexity index is 1170. The summed E-state index contributed by atoms with van der Waals surface area (Å²) in [5, 5.41) is 2.98. The number of anilines is 2. The summed E-state index contributed by atoms with van der Waals surface area (Å²) in [6.45, 7) is 7.47. The fraction of sp³-hybridized carbons (Fsp3) is 0.500. The van der Waals surface area contributed by atoms with Gasteiger partial charge in [-0.3, -0.25) is 9.59 Å². The molecule has 9 heteroatoms. The predicted octanol–water partition coefficient (Wildman–Crippen LogP) is 4.02. The molecule has 3 fully saturated rings. The number of hydrogen-bond donors (Lipinski definition) is 1. The van der Waals surface area contributed by atoms with E-state index < -0.39 is 5.54 Å². The number of rotatable bonds is 6. The Morgan fingerprint density at radius 2 is 1.62 bits per heavy atom. The first-order valence-corrected chi connectivity index (χ1v) is 14.1. The number of ether oxygens (including phenoxy) is 1. The Kier molecular flexibility index (Phi) is 7.95. The molecule has 5 rings (SSSR count). The van der Waals surface area contributed by atoms with Gasteiger partial charge in [0.25, 0.3) is 5.91 Å². The van der Waals surface area contributed by atoms with Crippen LogP contribution in [0.5, 0.6) is 5.75 Å². The highest BCUT2D eigenvalue weighted by molar-refractivity contribution is 5.97. The monoisotopic (exact) mass is 533 g/mol. The Morgan fingerprint density at radius 1 is 0.949 bits per heavy atom. The van der Waals surface area contributed by atoms with Crippen LogP contribution in [0.3, 0.4) is 0 Å². The molecular weight excluding hydrogens is 494 g/mol. The number of benzene rings is 2. The lowest BCUT2D eigenvalue weighted by Crippen LogP contribution is -2.58. The second-order valence-electron chi connectivity index (χ2n) is 10.8. The lowest BCUT2D eigenvalue weighted by atomic mass is 9.85. The van der Waals surface area contributed by atoms with Gasteiger partial charge in [0.1, 0.15) is 17.8 Å². The van der Waals surface area contributed by atoms with Gasteiger partial charge in [0, 0.05) is 31.9 Å². The van der Waals surface area contributed by atoms with Crippen LogP contribution in [0.2, 0.25) is 0 Å². The third-order valence-corrected chi connectivity index (χ3v) is 8.35. The predicted molar refractivity (Wildman–Crippen MR) is 151 cm³/mol. The maximum absolute atomic E-state index is 14.0. The number of piperidine rings is 2. The average molecular weight is 534 g/mol. The Labute approximate surface area is 230 Å². The van der Waals surface area contributed by atoms with Gasteiger partial charge in [0.05, 0.1) is 19.0 Å². The van der Waals surface area contributed by atoms with E-state index in [0.717, 1.165) is 31.6 Å². The number of urea groups is 1. The van der Waals surface area contributed by atoms with Gasteiger partial charge < -0.3 is 29.7 Å². The van der Waals surface area contributed by atoms with E-state index in [0.29, 0.717) is 56.6 Å². The van der Waals surface area contributed by atoms with E-state index >= 15 is 0 Å². The van der Waals surface area contributed by atoms with Crippen LogP contribution in [0, 0.1) is 5.92 Å². The second kappa shape index (κ2) is 11.6. The van der Waals surface area contributed by atoms with Gasteiger partial charge in [-0.15, -0.1) is 0 Å². The number of amides is 4. The average Bonchev–Trinajstić information content (AvgIpc) is 3.21. The topological polar surface area (TPSA) is 85.4 Å². The summed E-state index contributed by atoms with van der Waals surface area (Å²) in [6, 6.07) is 17.1. The van der Waals surface area contributed by atoms with Crippen molar-refractivity contribution in [2.45, 2.75) is 45.1 Å². The lowest BCUT2D eigenvalue weighted by molar-refractivity contribution is -0.141. The first-order valence-electron chi connectivity index (χ1n) is 14.1. The zero-order valence-electron chi connectivity index (χ0n) is 23.0. The molecule has 0 bridgehead atoms. The highest BCUT2D eigenvalue weighted by atomic mass is 16.5. The zero-order valence-corrected chi connectivity index (χ0v) is 23.0. The highest BCUT2D eigenvalue weighted by Crippen LogP contribution is 2.39. The summed E-state index contributed by atoms with van der Waals surface area (Å²) < 4.78 is 5.65. The number of likely N-dealkylation sites (tertiary alicyclic amines) is 2. The van der Waals surface area contributed by atoms with Crippen molar-refractivity contribution >= 4 is 29.2 Å². The van der Waals surface area contributed by atoms with Gasteiger partial charge in [-0.05, 0) is 62.8 Å². The van der Waals surface area contributed by atoms with Crippen molar-refractivity contribution in [2.24, 2.45) is 5.92 Å². The summed E-state index contributed by atoms with van der Waals surface area (Å²) in [5.74, 6) is 1.26. The van der Waals surface area contributed by atoms with Crippen LogP contribution >= 0.6 is 0 Å². The van der Waals surface area contributed by atoms with E-state index in [1.54, 1.807) is 9.80 Å². The van der Waals surface area contributed by atoms with Crippen molar-refractivity contribution in [1.29, 1.82) is 0 Å². The highest BCUT2D eigenvalue weighted by Gasteiger charge is 2.54. The molecule has 208 valence electrons. The Balaban J connectivity index is 1.29. The molecule has 3 saturated heterocycles. The normalized spacial score (nSPS) is 19.5. The van der Waals surface area contributed by atoms with Gasteiger partial charge in [-0.1, -0.05) is 37.3 Å². The van der Waals surface area contributed by atoms with Crippen molar-refractivity contribution in [3.8, 4) is 5.75 Å². The van der Waals surface area contributed by atoms with Crippen molar-refractivity contribution in [3.63, 3.8) is 0 Å². The number of nitrogens with zero attached hydrogens (tertiary/aromatic N) is 4. The molecule has 0 aliphatic carbocycles. The molecular formula is C30H39N5O4. The van der Waals surface area contributed by atoms with Crippen molar-refractivity contribution in [3.05, 3.63) is 54.6 Å². The molecule has 0 radical (unpaired) electrons. The molecule has 0 atom stereocenters. The minimum Gasteiger partial charge on any atom is -0.492 e. The molecule has 0 saturated carbocycles. The fourth-order valence-electron chi connectivity index (χ4n) is 5.97. The summed E-state index contributed by atoms with van der Waals surface area (Å²) in [7, 11) is 0. The van der Waals surface area contributed by atoms with Gasteiger partial charge in [0.15, 0.2) is 0 Å². The second-order valence-corrected chi connectivity index (χ2v) is 10.8. The quantitative estimate of drug-likeness (QED) is 0.607. The zero-order chi connectivity index (χ0) is 27.4. The Hall–Kier alpha value is -3.75. The van der Waals surface area contributed by atoms with Crippen LogP contribution in [0.15, 0.2) is 54.6 Å². The number of nitrogens with one attached hydrogen (secondary N) is 1. The minimum absolute atomic E-state index is 0.0186. The molecule has 3 aliphatic heterocycles. The van der Waals surface area contributed by atoms with E-state index in [1.165, 1.54) is 0 Å². The summed E-state index contributed by atoms with van der Waals surface area (Å²) in [5.41, 5.74) is 0.804. The Morgan fingerprint density at radius 3 is 2.31 bits per heavy atom. The van der Waals surface area contributed by atoms with Gasteiger partial charge in [-0.2, -0.15) is 0 Å². The largest absolute Gasteiger partial charge is 0.492 e. The standard InChI is InChI=1S/C30H39N5O4/c1-3-39-26-12-8-7-11-25(26)31-29(38)33-19-15-30(16-20-33)28(37)34(22-35(30)24-9-5-4-6-10-24)21-27(36)32-17-13-23(2)14-18-32/h4-12,23H,3,13-22H2,1-2H3,(H,31,38). The molecule has 1 N–H and O–H groups in total. The van der Waals surface area contributed by atoms with Gasteiger partial charge in [-0.25, -0.2) is 4.79 Å². The molecule has 3 aliphatic rings. The van der Waals surface area contributed by atoms with Crippen LogP contribution in [0.4, 0.5) is 16.2 Å². The third kappa shape index (κ3) is 5.53. The molecule has 0 unspecified atom stereocenters. The van der Waals surface area contributed by atoms with Gasteiger partial charge in [0.2, 0.25) is 5.91 Å². The lowest BCUT2D eigenvalue weighted by Gasteiger charge is -2.43. The van der Waals surface area contributed by atoms with Crippen LogP contribution in [0.1, 0.15) is 39.5 Å². The summed E-state index contributed by atoms with van der Waals surface area (Å²) >= 11 is 0. The molecule has 2 aromatic rings. The van der Waals surface area contributed by atoms with E-state index in [2.05, 4.69) is 17.1 Å². The molecule has 39 heavy (non-hydrogen) atoms. The number of para-hydroxylation sites is 3. The van der Waals surface area contributed by atoms with E-state index in [1.807, 2.05) is 66.4 Å². The SMILES string of the molecule is CCOc1ccccc1NC(=O)N1CCC2(CC1)C(=O)N(CC(=O)N1CCC(C)CC1)CN2c1ccccc1. The maximum atomic E-state index is 14.0. The molecule has 4 amide bonds. The first kappa shape index (κ1) is 26.8. The van der Waals surface area contributed by atoms with Crippen LogP contribution in [-0.2, 0) is 9.59 Å². The maximum Gasteiger partial charge on any atom is 0.321 e. The summed E-state index contributed by atoms with van der Waals surface area (Å²) in [6.07, 6.45) is 3.00. The molecule has 2 aromatic carbocycles. The van der Waals surface area contributed by atoms with E-state index in [-0.39, 0.29) is 24.4 Å². The van der Waals surface area contributed by atoms with Crippen LogP contribution < -0.4 is 15.0 Å². The van der Waals surface area contributed by atoms with Crippen molar-refractivity contribution in [2.75, 3.05) is 56.2 Å². The van der Waals surface area contributed by atoms with Gasteiger partial charge >= 0.3 is 6.03 Å². The minimum atomic E-state index is -0.780. The smallest absolute Gasteiger partial charge is 0.321 e. The first-order chi connectivity index (χ1) is 18.9. The number of carbonyl (C=O) groups excluding carboxylic acids is 3. The third-order valence-electron chi connectivity index (χ3n) is 8.35.